The lowest BCUT2D eigenvalue weighted by molar-refractivity contribution is -1.03. The molecule has 1 aromatic carbocycles. The van der Waals surface area contributed by atoms with E-state index in [1.165, 1.54) is 21.7 Å². The Morgan fingerprint density at radius 3 is 2.41 bits per heavy atom. The highest BCUT2D eigenvalue weighted by atomic mass is 35.5. The molecule has 0 bridgehead atoms. The Balaban J connectivity index is 1.66. The third-order valence-electron chi connectivity index (χ3n) is 4.92. The van der Waals surface area contributed by atoms with Crippen molar-refractivity contribution in [3.05, 3.63) is 57.2 Å². The summed E-state index contributed by atoms with van der Waals surface area (Å²) in [5.41, 5.74) is 0.933. The number of urea groups is 1. The van der Waals surface area contributed by atoms with Crippen molar-refractivity contribution in [2.75, 3.05) is 33.2 Å². The molecule has 0 aliphatic carbocycles. The first-order chi connectivity index (χ1) is 13.1. The quantitative estimate of drug-likeness (QED) is 0.557. The number of carbonyl (C=O) groups excluding carboxylic acids is 2. The summed E-state index contributed by atoms with van der Waals surface area (Å²) in [6.07, 6.45) is 0. The zero-order valence-electron chi connectivity index (χ0n) is 15.3. The summed E-state index contributed by atoms with van der Waals surface area (Å²) in [4.78, 5) is 28.4. The molecule has 27 heavy (non-hydrogen) atoms. The molecule has 1 aliphatic heterocycles. The zero-order chi connectivity index (χ0) is 19.2. The number of thiophene rings is 1. The van der Waals surface area contributed by atoms with Crippen molar-refractivity contribution in [1.82, 2.24) is 10.6 Å². The Morgan fingerprint density at radius 1 is 1.11 bits per heavy atom. The van der Waals surface area contributed by atoms with Gasteiger partial charge in [0.25, 0.3) is 5.91 Å². The van der Waals surface area contributed by atoms with Gasteiger partial charge in [-0.15, -0.1) is 11.3 Å². The number of amides is 3. The van der Waals surface area contributed by atoms with Crippen molar-refractivity contribution in [2.24, 2.45) is 0 Å². The fraction of sp³-hybridized carbons (Fsp3) is 0.368. The van der Waals surface area contributed by atoms with Gasteiger partial charge in [-0.05, 0) is 12.1 Å². The molecule has 4 N–H and O–H groups in total. The van der Waals surface area contributed by atoms with E-state index in [0.717, 1.165) is 42.6 Å². The smallest absolute Gasteiger partial charge is 0.321 e. The number of hydrogen-bond donors (Lipinski definition) is 4. The van der Waals surface area contributed by atoms with Crippen LogP contribution >= 0.6 is 22.9 Å². The molecule has 1 aliphatic rings. The van der Waals surface area contributed by atoms with Gasteiger partial charge in [0.15, 0.2) is 6.04 Å². The number of piperazine rings is 1. The minimum Gasteiger partial charge on any atom is -0.341 e. The highest BCUT2D eigenvalue weighted by Gasteiger charge is 2.36. The molecule has 3 amide bonds. The molecule has 3 rings (SSSR count). The molecule has 2 heterocycles. The molecular weight excluding hydrogens is 384 g/mol. The van der Waals surface area contributed by atoms with Gasteiger partial charge >= 0.3 is 6.03 Å². The predicted octanol–water partition coefficient (Wildman–Crippen LogP) is -0.118. The van der Waals surface area contributed by atoms with Crippen LogP contribution in [0.5, 0.6) is 0 Å². The minimum absolute atomic E-state index is 0.260. The van der Waals surface area contributed by atoms with Gasteiger partial charge < -0.3 is 15.1 Å². The number of imide groups is 1. The molecule has 1 fully saturated rings. The van der Waals surface area contributed by atoms with Crippen LogP contribution in [-0.2, 0) is 11.3 Å². The summed E-state index contributed by atoms with van der Waals surface area (Å²) in [6, 6.07) is 12.9. The van der Waals surface area contributed by atoms with Crippen LogP contribution in [0.3, 0.4) is 0 Å². The lowest BCUT2D eigenvalue weighted by Gasteiger charge is -2.33. The van der Waals surface area contributed by atoms with E-state index >= 15 is 0 Å². The van der Waals surface area contributed by atoms with E-state index in [-0.39, 0.29) is 11.9 Å². The van der Waals surface area contributed by atoms with Crippen molar-refractivity contribution in [3.63, 3.8) is 0 Å². The molecule has 2 aromatic rings. The van der Waals surface area contributed by atoms with Crippen molar-refractivity contribution in [1.29, 1.82) is 0 Å². The minimum atomic E-state index is -0.473. The first-order valence-corrected chi connectivity index (χ1v) is 10.3. The maximum Gasteiger partial charge on any atom is 0.321 e. The van der Waals surface area contributed by atoms with E-state index in [0.29, 0.717) is 0 Å². The van der Waals surface area contributed by atoms with Crippen LogP contribution in [0.2, 0.25) is 4.34 Å². The maximum absolute atomic E-state index is 12.8. The predicted molar refractivity (Wildman–Crippen MR) is 106 cm³/mol. The summed E-state index contributed by atoms with van der Waals surface area (Å²) in [7, 11) is 1.51. The summed E-state index contributed by atoms with van der Waals surface area (Å²) in [5, 5.41) is 4.90. The van der Waals surface area contributed by atoms with E-state index in [4.69, 9.17) is 11.6 Å². The fourth-order valence-electron chi connectivity index (χ4n) is 3.55. The number of benzene rings is 1. The molecule has 0 saturated carbocycles. The highest BCUT2D eigenvalue weighted by Crippen LogP contribution is 2.20. The van der Waals surface area contributed by atoms with Crippen molar-refractivity contribution >= 4 is 34.9 Å². The van der Waals surface area contributed by atoms with Gasteiger partial charge in [0.05, 0.1) is 9.21 Å². The SMILES string of the molecule is CNC(=O)NC(=O)[C@H](c1ccccc1)[NH+]1CC[NH+](Cc2ccc(Cl)s2)CC1. The monoisotopic (exact) mass is 408 g/mol. The summed E-state index contributed by atoms with van der Waals surface area (Å²) in [6.45, 7) is 4.65. The van der Waals surface area contributed by atoms with Crippen LogP contribution in [0.25, 0.3) is 0 Å². The van der Waals surface area contributed by atoms with Gasteiger partial charge in [0, 0.05) is 12.6 Å². The topological polar surface area (TPSA) is 67.1 Å². The molecule has 0 radical (unpaired) electrons. The lowest BCUT2D eigenvalue weighted by Crippen LogP contribution is -3.28. The molecule has 1 aromatic heterocycles. The second-order valence-corrected chi connectivity index (χ2v) is 8.50. The molecule has 144 valence electrons. The van der Waals surface area contributed by atoms with Crippen LogP contribution in [0.15, 0.2) is 42.5 Å². The van der Waals surface area contributed by atoms with Crippen LogP contribution in [-0.4, -0.2) is 45.2 Å². The average molecular weight is 409 g/mol. The average Bonchev–Trinajstić information content (AvgIpc) is 3.09. The summed E-state index contributed by atoms with van der Waals surface area (Å²) >= 11 is 7.66. The number of hydrogen-bond acceptors (Lipinski definition) is 3. The van der Waals surface area contributed by atoms with Crippen molar-refractivity contribution in [3.8, 4) is 0 Å². The molecule has 8 heteroatoms. The van der Waals surface area contributed by atoms with Crippen LogP contribution in [0.4, 0.5) is 4.79 Å². The van der Waals surface area contributed by atoms with Gasteiger partial charge in [0.2, 0.25) is 0 Å². The number of quaternary nitrogens is 2. The highest BCUT2D eigenvalue weighted by molar-refractivity contribution is 7.16. The Labute approximate surface area is 168 Å². The second-order valence-electron chi connectivity index (χ2n) is 6.70. The third-order valence-corrected chi connectivity index (χ3v) is 6.15. The van der Waals surface area contributed by atoms with Gasteiger partial charge in [-0.25, -0.2) is 4.79 Å². The van der Waals surface area contributed by atoms with E-state index in [1.807, 2.05) is 36.4 Å². The summed E-state index contributed by atoms with van der Waals surface area (Å²) in [5.74, 6) is -0.260. The standard InChI is InChI=1S/C19H23ClN4O2S/c1-21-19(26)22-18(25)17(14-5-3-2-4-6-14)24-11-9-23(10-12-24)13-15-7-8-16(20)27-15/h2-8,17H,9-13H2,1H3,(H2,21,22,25,26)/p+2/t17-/m0/s1. The zero-order valence-corrected chi connectivity index (χ0v) is 16.8. The Kier molecular flexibility index (Phi) is 6.84. The molecule has 0 unspecified atom stereocenters. The Bertz CT molecular complexity index is 775. The molecule has 1 atom stereocenters. The van der Waals surface area contributed by atoms with Crippen LogP contribution in [0.1, 0.15) is 16.5 Å². The number of carbonyl (C=O) groups is 2. The van der Waals surface area contributed by atoms with Crippen molar-refractivity contribution in [2.45, 2.75) is 12.6 Å². The second kappa shape index (κ2) is 9.32. The van der Waals surface area contributed by atoms with E-state index < -0.39 is 6.03 Å². The van der Waals surface area contributed by atoms with E-state index in [9.17, 15) is 9.59 Å². The van der Waals surface area contributed by atoms with Gasteiger partial charge in [-0.3, -0.25) is 10.1 Å². The third kappa shape index (κ3) is 5.29. The number of rotatable bonds is 5. The van der Waals surface area contributed by atoms with Gasteiger partial charge in [0.1, 0.15) is 32.7 Å². The Morgan fingerprint density at radius 2 is 1.81 bits per heavy atom. The van der Waals surface area contributed by atoms with Gasteiger partial charge in [-0.2, -0.15) is 0 Å². The van der Waals surface area contributed by atoms with E-state index in [1.54, 1.807) is 11.3 Å². The normalized spacial score (nSPS) is 20.7. The molecule has 1 saturated heterocycles. The lowest BCUT2D eigenvalue weighted by atomic mass is 10.0. The van der Waals surface area contributed by atoms with Crippen LogP contribution < -0.4 is 20.4 Å². The van der Waals surface area contributed by atoms with Crippen molar-refractivity contribution < 1.29 is 19.4 Å². The summed E-state index contributed by atoms with van der Waals surface area (Å²) < 4.78 is 0.823. The fourth-order valence-corrected chi connectivity index (χ4v) is 4.71. The number of nitrogens with one attached hydrogen (secondary N) is 4. The molecule has 6 nitrogen and oxygen atoms in total. The van der Waals surface area contributed by atoms with Gasteiger partial charge in [-0.1, -0.05) is 41.9 Å². The first kappa shape index (κ1) is 19.8. The molecule has 0 spiro atoms. The van der Waals surface area contributed by atoms with Crippen LogP contribution in [0, 0.1) is 0 Å². The largest absolute Gasteiger partial charge is 0.341 e. The van der Waals surface area contributed by atoms with E-state index in [2.05, 4.69) is 16.7 Å². The first-order valence-electron chi connectivity index (χ1n) is 9.06. The number of halogens is 1. The maximum atomic E-state index is 12.8. The molecular formula is C19H25ClN4O2S+2. The Hall–Kier alpha value is -1.93.